The van der Waals surface area contributed by atoms with Gasteiger partial charge < -0.3 is 9.63 Å². The summed E-state index contributed by atoms with van der Waals surface area (Å²) in [7, 11) is 0. The molecule has 0 radical (unpaired) electrons. The predicted molar refractivity (Wildman–Crippen MR) is 85.5 cm³/mol. The van der Waals surface area contributed by atoms with E-state index in [0.29, 0.717) is 6.04 Å². The molecule has 1 saturated heterocycles. The molecule has 0 amide bonds. The Morgan fingerprint density at radius 2 is 2.18 bits per heavy atom. The van der Waals surface area contributed by atoms with Crippen LogP contribution in [0.5, 0.6) is 0 Å². The highest BCUT2D eigenvalue weighted by molar-refractivity contribution is 4.89. The Hall–Kier alpha value is -0.980. The number of hydrogen-bond acceptors (Lipinski definition) is 6. The first-order chi connectivity index (χ1) is 10.6. The van der Waals surface area contributed by atoms with E-state index in [4.69, 9.17) is 4.52 Å². The minimum atomic E-state index is -0.265. The van der Waals surface area contributed by atoms with Crippen LogP contribution in [0.2, 0.25) is 0 Å². The second-order valence-electron chi connectivity index (χ2n) is 6.35. The maximum Gasteiger partial charge on any atom is 0.226 e. The first-order valence-corrected chi connectivity index (χ1v) is 8.58. The lowest BCUT2D eigenvalue weighted by Gasteiger charge is -2.41. The van der Waals surface area contributed by atoms with Gasteiger partial charge >= 0.3 is 0 Å². The zero-order valence-corrected chi connectivity index (χ0v) is 14.2. The molecule has 126 valence electrons. The first-order valence-electron chi connectivity index (χ1n) is 8.58. The molecule has 0 spiro atoms. The number of rotatable bonds is 8. The van der Waals surface area contributed by atoms with Crippen LogP contribution >= 0.6 is 0 Å². The smallest absolute Gasteiger partial charge is 0.226 e. The quantitative estimate of drug-likeness (QED) is 0.788. The predicted octanol–water partition coefficient (Wildman–Crippen LogP) is 1.69. The van der Waals surface area contributed by atoms with Crippen LogP contribution in [0, 0.1) is 0 Å². The highest BCUT2D eigenvalue weighted by Gasteiger charge is 2.27. The van der Waals surface area contributed by atoms with Gasteiger partial charge in [0.05, 0.1) is 12.6 Å². The number of piperazine rings is 1. The largest absolute Gasteiger partial charge is 0.392 e. The second kappa shape index (κ2) is 8.60. The van der Waals surface area contributed by atoms with E-state index in [1.165, 1.54) is 0 Å². The van der Waals surface area contributed by atoms with E-state index in [-0.39, 0.29) is 6.10 Å². The van der Waals surface area contributed by atoms with E-state index in [0.717, 1.165) is 70.1 Å². The number of aliphatic hydroxyl groups is 1. The molecule has 2 atom stereocenters. The SMILES string of the molecule is CCCCc1nc(CN2CCN(C[C@@H](C)O)[C@H](CC)C2)no1. The highest BCUT2D eigenvalue weighted by atomic mass is 16.5. The molecule has 1 aromatic rings. The molecule has 1 aromatic heterocycles. The molecule has 2 rings (SSSR count). The molecule has 22 heavy (non-hydrogen) atoms. The summed E-state index contributed by atoms with van der Waals surface area (Å²) in [4.78, 5) is 9.27. The number of aromatic nitrogens is 2. The molecule has 0 saturated carbocycles. The Kier molecular flexibility index (Phi) is 6.79. The Balaban J connectivity index is 1.85. The molecule has 0 bridgehead atoms. The van der Waals surface area contributed by atoms with Gasteiger partial charge in [-0.3, -0.25) is 9.80 Å². The minimum absolute atomic E-state index is 0.265. The summed E-state index contributed by atoms with van der Waals surface area (Å²) in [5.74, 6) is 1.56. The fourth-order valence-corrected chi connectivity index (χ4v) is 3.05. The topological polar surface area (TPSA) is 65.6 Å². The van der Waals surface area contributed by atoms with Crippen LogP contribution in [0.25, 0.3) is 0 Å². The van der Waals surface area contributed by atoms with Crippen molar-refractivity contribution in [2.24, 2.45) is 0 Å². The van der Waals surface area contributed by atoms with Crippen LogP contribution in [0.1, 0.15) is 51.7 Å². The van der Waals surface area contributed by atoms with Crippen LogP contribution in [0.15, 0.2) is 4.52 Å². The summed E-state index contributed by atoms with van der Waals surface area (Å²) >= 11 is 0. The molecular weight excluding hydrogens is 280 g/mol. The van der Waals surface area contributed by atoms with Gasteiger partial charge in [-0.05, 0) is 19.8 Å². The number of nitrogens with zero attached hydrogens (tertiary/aromatic N) is 4. The van der Waals surface area contributed by atoms with E-state index < -0.39 is 0 Å². The van der Waals surface area contributed by atoms with E-state index in [2.05, 4.69) is 33.8 Å². The molecule has 2 heterocycles. The van der Waals surface area contributed by atoms with Crippen molar-refractivity contribution in [3.05, 3.63) is 11.7 Å². The molecule has 0 aromatic carbocycles. The third-order valence-corrected chi connectivity index (χ3v) is 4.28. The Morgan fingerprint density at radius 1 is 1.36 bits per heavy atom. The van der Waals surface area contributed by atoms with Crippen molar-refractivity contribution in [1.29, 1.82) is 0 Å². The number of β-amino-alcohol motifs (C(OH)–C–C–N with tert-alkyl or cyclic N) is 1. The molecule has 6 nitrogen and oxygen atoms in total. The summed E-state index contributed by atoms with van der Waals surface area (Å²) in [6, 6.07) is 0.495. The molecule has 0 unspecified atom stereocenters. The first kappa shape index (κ1) is 17.4. The van der Waals surface area contributed by atoms with Crippen LogP contribution in [-0.2, 0) is 13.0 Å². The number of unbranched alkanes of at least 4 members (excludes halogenated alkanes) is 1. The van der Waals surface area contributed by atoms with Gasteiger partial charge in [0.15, 0.2) is 5.82 Å². The van der Waals surface area contributed by atoms with Crippen molar-refractivity contribution < 1.29 is 9.63 Å². The lowest BCUT2D eigenvalue weighted by atomic mass is 10.1. The van der Waals surface area contributed by atoms with Gasteiger partial charge in [-0.25, -0.2) is 0 Å². The van der Waals surface area contributed by atoms with E-state index in [9.17, 15) is 5.11 Å². The van der Waals surface area contributed by atoms with Gasteiger partial charge in [0.1, 0.15) is 0 Å². The Morgan fingerprint density at radius 3 is 2.86 bits per heavy atom. The lowest BCUT2D eigenvalue weighted by Crippen LogP contribution is -2.54. The van der Waals surface area contributed by atoms with Gasteiger partial charge in [-0.15, -0.1) is 0 Å². The van der Waals surface area contributed by atoms with E-state index in [1.807, 2.05) is 6.92 Å². The van der Waals surface area contributed by atoms with Crippen molar-refractivity contribution >= 4 is 0 Å². The molecule has 1 aliphatic heterocycles. The maximum atomic E-state index is 9.60. The van der Waals surface area contributed by atoms with E-state index >= 15 is 0 Å². The number of hydrogen-bond donors (Lipinski definition) is 1. The van der Waals surface area contributed by atoms with Gasteiger partial charge in [0.25, 0.3) is 0 Å². The zero-order chi connectivity index (χ0) is 15.9. The normalized spacial score (nSPS) is 22.1. The van der Waals surface area contributed by atoms with Gasteiger partial charge in [0.2, 0.25) is 5.89 Å². The van der Waals surface area contributed by atoms with Crippen LogP contribution < -0.4 is 0 Å². The molecular formula is C16H30N4O2. The zero-order valence-electron chi connectivity index (χ0n) is 14.2. The third kappa shape index (κ3) is 5.04. The maximum absolute atomic E-state index is 9.60. The summed E-state index contributed by atoms with van der Waals surface area (Å²) in [5, 5.41) is 13.7. The summed E-state index contributed by atoms with van der Waals surface area (Å²) in [6.45, 7) is 10.7. The van der Waals surface area contributed by atoms with Crippen molar-refractivity contribution in [2.75, 3.05) is 26.2 Å². The van der Waals surface area contributed by atoms with Gasteiger partial charge in [-0.2, -0.15) is 4.98 Å². The Labute approximate surface area is 133 Å². The monoisotopic (exact) mass is 310 g/mol. The van der Waals surface area contributed by atoms with Crippen molar-refractivity contribution in [2.45, 2.75) is 65.1 Å². The van der Waals surface area contributed by atoms with Crippen molar-refractivity contribution in [3.63, 3.8) is 0 Å². The second-order valence-corrected chi connectivity index (χ2v) is 6.35. The average Bonchev–Trinajstić information content (AvgIpc) is 2.93. The third-order valence-electron chi connectivity index (χ3n) is 4.28. The van der Waals surface area contributed by atoms with Gasteiger partial charge in [0, 0.05) is 38.6 Å². The molecule has 1 aliphatic rings. The van der Waals surface area contributed by atoms with Crippen molar-refractivity contribution in [1.82, 2.24) is 19.9 Å². The molecule has 1 fully saturated rings. The summed E-state index contributed by atoms with van der Waals surface area (Å²) < 4.78 is 5.30. The molecule has 1 N–H and O–H groups in total. The highest BCUT2D eigenvalue weighted by Crippen LogP contribution is 2.15. The number of aryl methyl sites for hydroxylation is 1. The summed E-state index contributed by atoms with van der Waals surface area (Å²) in [6.07, 6.45) is 3.94. The van der Waals surface area contributed by atoms with E-state index in [1.54, 1.807) is 0 Å². The van der Waals surface area contributed by atoms with Crippen LogP contribution in [-0.4, -0.2) is 63.4 Å². The molecule has 6 heteroatoms. The fraction of sp³-hybridized carbons (Fsp3) is 0.875. The standard InChI is InChI=1S/C16H30N4O2/c1-4-6-7-16-17-15(18-22-16)12-19-8-9-20(10-13(3)21)14(5-2)11-19/h13-14,21H,4-12H2,1-3H3/t13-,14-/m1/s1. The summed E-state index contributed by atoms with van der Waals surface area (Å²) in [5.41, 5.74) is 0. The van der Waals surface area contributed by atoms with Crippen molar-refractivity contribution in [3.8, 4) is 0 Å². The van der Waals surface area contributed by atoms with Gasteiger partial charge in [-0.1, -0.05) is 25.4 Å². The average molecular weight is 310 g/mol. The lowest BCUT2D eigenvalue weighted by molar-refractivity contribution is 0.0326. The molecule has 0 aliphatic carbocycles. The van der Waals surface area contributed by atoms with Crippen LogP contribution in [0.3, 0.4) is 0 Å². The van der Waals surface area contributed by atoms with Crippen LogP contribution in [0.4, 0.5) is 0 Å². The fourth-order valence-electron chi connectivity index (χ4n) is 3.05. The Bertz CT molecular complexity index is 436. The number of aliphatic hydroxyl groups excluding tert-OH is 1. The minimum Gasteiger partial charge on any atom is -0.392 e.